The van der Waals surface area contributed by atoms with Gasteiger partial charge in [0.1, 0.15) is 0 Å². The Hall–Kier alpha value is -1.30. The first-order valence-electron chi connectivity index (χ1n) is 6.87. The van der Waals surface area contributed by atoms with Crippen molar-refractivity contribution in [3.05, 3.63) is 0 Å². The second-order valence-electron chi connectivity index (χ2n) is 5.21. The third kappa shape index (κ3) is 7.00. The molecule has 1 heterocycles. The molecule has 3 atom stereocenters. The number of rotatable bonds is 6. The number of carbonyl (C=O) groups is 2. The van der Waals surface area contributed by atoms with E-state index in [1.165, 1.54) is 0 Å². The lowest BCUT2D eigenvalue weighted by molar-refractivity contribution is -0.137. The van der Waals surface area contributed by atoms with E-state index in [0.29, 0.717) is 19.4 Å². The number of nitrogens with one attached hydrogen (secondary N) is 2. The Balaban J connectivity index is 2.17. The molecule has 3 N–H and O–H groups in total. The normalized spacial score (nSPS) is 24.5. The monoisotopic (exact) mass is 272 g/mol. The molecule has 6 nitrogen and oxygen atoms in total. The van der Waals surface area contributed by atoms with E-state index in [1.807, 2.05) is 13.8 Å². The minimum absolute atomic E-state index is 0.0170. The van der Waals surface area contributed by atoms with Gasteiger partial charge in [-0.05, 0) is 39.5 Å². The van der Waals surface area contributed by atoms with E-state index in [4.69, 9.17) is 9.84 Å². The third-order valence-corrected chi connectivity index (χ3v) is 3.23. The SMILES string of the molecule is CC(CCCC(=O)O)NC(=O)NC1CCOC(C)C1. The standard InChI is InChI=1S/C13H24N2O4/c1-9(4-3-5-12(16)17)14-13(18)15-11-6-7-19-10(2)8-11/h9-11H,3-8H2,1-2H3,(H,16,17)(H2,14,15,18). The summed E-state index contributed by atoms with van der Waals surface area (Å²) in [4.78, 5) is 22.1. The topological polar surface area (TPSA) is 87.7 Å². The van der Waals surface area contributed by atoms with Crippen LogP contribution in [0.3, 0.4) is 0 Å². The van der Waals surface area contributed by atoms with Gasteiger partial charge in [-0.1, -0.05) is 0 Å². The highest BCUT2D eigenvalue weighted by Crippen LogP contribution is 2.12. The summed E-state index contributed by atoms with van der Waals surface area (Å²) in [6, 6.07) is -0.0338. The summed E-state index contributed by atoms with van der Waals surface area (Å²) in [5.74, 6) is -0.798. The fourth-order valence-electron chi connectivity index (χ4n) is 2.21. The number of amides is 2. The second-order valence-corrected chi connectivity index (χ2v) is 5.21. The first-order chi connectivity index (χ1) is 8.97. The molecule has 0 aromatic heterocycles. The molecule has 19 heavy (non-hydrogen) atoms. The number of carboxylic acids is 1. The van der Waals surface area contributed by atoms with E-state index in [-0.39, 0.29) is 30.6 Å². The van der Waals surface area contributed by atoms with Gasteiger partial charge in [-0.25, -0.2) is 4.79 Å². The molecule has 0 aliphatic carbocycles. The molecule has 1 fully saturated rings. The maximum absolute atomic E-state index is 11.7. The Bertz CT molecular complexity index is 309. The van der Waals surface area contributed by atoms with Gasteiger partial charge < -0.3 is 20.5 Å². The van der Waals surface area contributed by atoms with E-state index < -0.39 is 5.97 Å². The minimum atomic E-state index is -0.798. The van der Waals surface area contributed by atoms with Gasteiger partial charge in [0, 0.05) is 25.1 Å². The van der Waals surface area contributed by atoms with Crippen molar-refractivity contribution in [2.75, 3.05) is 6.61 Å². The largest absolute Gasteiger partial charge is 0.481 e. The maximum Gasteiger partial charge on any atom is 0.315 e. The predicted molar refractivity (Wildman–Crippen MR) is 71.1 cm³/mol. The number of ether oxygens (including phenoxy) is 1. The van der Waals surface area contributed by atoms with Crippen LogP contribution in [0.4, 0.5) is 4.79 Å². The molecule has 1 saturated heterocycles. The maximum atomic E-state index is 11.7. The quantitative estimate of drug-likeness (QED) is 0.683. The minimum Gasteiger partial charge on any atom is -0.481 e. The molecule has 6 heteroatoms. The first-order valence-corrected chi connectivity index (χ1v) is 6.87. The molecule has 0 spiro atoms. The van der Waals surface area contributed by atoms with E-state index in [0.717, 1.165) is 12.8 Å². The molecule has 0 aromatic rings. The lowest BCUT2D eigenvalue weighted by atomic mass is 10.0. The molecule has 1 aliphatic rings. The number of hydrogen-bond acceptors (Lipinski definition) is 3. The zero-order chi connectivity index (χ0) is 14.3. The van der Waals surface area contributed by atoms with Crippen molar-refractivity contribution in [3.63, 3.8) is 0 Å². The van der Waals surface area contributed by atoms with Gasteiger partial charge in [0.2, 0.25) is 0 Å². The van der Waals surface area contributed by atoms with Crippen LogP contribution in [0.25, 0.3) is 0 Å². The molecule has 110 valence electrons. The average molecular weight is 272 g/mol. The smallest absolute Gasteiger partial charge is 0.315 e. The molecule has 3 unspecified atom stereocenters. The molecule has 0 aromatic carbocycles. The van der Waals surface area contributed by atoms with Gasteiger partial charge in [0.15, 0.2) is 0 Å². The summed E-state index contributed by atoms with van der Waals surface area (Å²) in [5.41, 5.74) is 0. The molecule has 2 amide bonds. The van der Waals surface area contributed by atoms with Crippen LogP contribution in [0.5, 0.6) is 0 Å². The van der Waals surface area contributed by atoms with Crippen molar-refractivity contribution < 1.29 is 19.4 Å². The molecular weight excluding hydrogens is 248 g/mol. The van der Waals surface area contributed by atoms with Crippen LogP contribution in [0, 0.1) is 0 Å². The van der Waals surface area contributed by atoms with Gasteiger partial charge in [-0.15, -0.1) is 0 Å². The lowest BCUT2D eigenvalue weighted by Crippen LogP contribution is -2.48. The molecule has 0 saturated carbocycles. The van der Waals surface area contributed by atoms with Crippen molar-refractivity contribution in [1.82, 2.24) is 10.6 Å². The summed E-state index contributed by atoms with van der Waals surface area (Å²) in [5, 5.41) is 14.3. The van der Waals surface area contributed by atoms with Gasteiger partial charge in [-0.3, -0.25) is 4.79 Å². The fourth-order valence-corrected chi connectivity index (χ4v) is 2.21. The number of urea groups is 1. The molecular formula is C13H24N2O4. The molecule has 1 aliphatic heterocycles. The number of hydrogen-bond donors (Lipinski definition) is 3. The van der Waals surface area contributed by atoms with Crippen LogP contribution in [0.1, 0.15) is 46.0 Å². The van der Waals surface area contributed by atoms with Gasteiger partial charge in [0.05, 0.1) is 6.10 Å². The Morgan fingerprint density at radius 2 is 2.21 bits per heavy atom. The number of aliphatic carboxylic acids is 1. The Morgan fingerprint density at radius 3 is 2.84 bits per heavy atom. The van der Waals surface area contributed by atoms with Crippen LogP contribution in [0.2, 0.25) is 0 Å². The average Bonchev–Trinajstić information content (AvgIpc) is 2.27. The second kappa shape index (κ2) is 7.99. The van der Waals surface area contributed by atoms with Crippen molar-refractivity contribution >= 4 is 12.0 Å². The summed E-state index contributed by atoms with van der Waals surface area (Å²) >= 11 is 0. The van der Waals surface area contributed by atoms with Crippen LogP contribution in [0.15, 0.2) is 0 Å². The van der Waals surface area contributed by atoms with Crippen LogP contribution >= 0.6 is 0 Å². The van der Waals surface area contributed by atoms with Crippen LogP contribution < -0.4 is 10.6 Å². The van der Waals surface area contributed by atoms with Crippen molar-refractivity contribution in [3.8, 4) is 0 Å². The highest BCUT2D eigenvalue weighted by Gasteiger charge is 2.21. The van der Waals surface area contributed by atoms with Crippen molar-refractivity contribution in [2.24, 2.45) is 0 Å². The van der Waals surface area contributed by atoms with Gasteiger partial charge >= 0.3 is 12.0 Å². The highest BCUT2D eigenvalue weighted by atomic mass is 16.5. The van der Waals surface area contributed by atoms with Crippen molar-refractivity contribution in [2.45, 2.75) is 64.1 Å². The van der Waals surface area contributed by atoms with Crippen molar-refractivity contribution in [1.29, 1.82) is 0 Å². The summed E-state index contributed by atoms with van der Waals surface area (Å²) in [6.07, 6.45) is 3.25. The van der Waals surface area contributed by atoms with E-state index in [9.17, 15) is 9.59 Å². The summed E-state index contributed by atoms with van der Waals surface area (Å²) < 4.78 is 5.42. The van der Waals surface area contributed by atoms with E-state index >= 15 is 0 Å². The molecule has 0 bridgehead atoms. The number of carbonyl (C=O) groups excluding carboxylic acids is 1. The first kappa shape index (κ1) is 15.8. The lowest BCUT2D eigenvalue weighted by Gasteiger charge is -2.28. The van der Waals surface area contributed by atoms with E-state index in [1.54, 1.807) is 0 Å². The summed E-state index contributed by atoms with van der Waals surface area (Å²) in [6.45, 7) is 4.56. The fraction of sp³-hybridized carbons (Fsp3) is 0.846. The highest BCUT2D eigenvalue weighted by molar-refractivity contribution is 5.74. The van der Waals surface area contributed by atoms with Crippen LogP contribution in [-0.2, 0) is 9.53 Å². The predicted octanol–water partition coefficient (Wildman–Crippen LogP) is 1.50. The summed E-state index contributed by atoms with van der Waals surface area (Å²) in [7, 11) is 0. The number of carboxylic acid groups (broad SMARTS) is 1. The van der Waals surface area contributed by atoms with Crippen LogP contribution in [-0.4, -0.2) is 41.9 Å². The Labute approximate surface area is 113 Å². The van der Waals surface area contributed by atoms with Gasteiger partial charge in [-0.2, -0.15) is 0 Å². The molecule has 0 radical (unpaired) electrons. The third-order valence-electron chi connectivity index (χ3n) is 3.23. The Kier molecular flexibility index (Phi) is 6.62. The van der Waals surface area contributed by atoms with E-state index in [2.05, 4.69) is 10.6 Å². The zero-order valence-corrected chi connectivity index (χ0v) is 11.6. The van der Waals surface area contributed by atoms with Gasteiger partial charge in [0.25, 0.3) is 0 Å². The zero-order valence-electron chi connectivity index (χ0n) is 11.6. The Morgan fingerprint density at radius 1 is 1.47 bits per heavy atom. The molecule has 1 rings (SSSR count).